The Morgan fingerprint density at radius 2 is 1.96 bits per heavy atom. The largest absolute Gasteiger partial charge is 0.356 e. The van der Waals surface area contributed by atoms with E-state index in [0.29, 0.717) is 12.5 Å². The van der Waals surface area contributed by atoms with Gasteiger partial charge in [0.25, 0.3) is 0 Å². The topological polar surface area (TPSA) is 49.4 Å². The molecule has 4 nitrogen and oxygen atoms in total. The van der Waals surface area contributed by atoms with Gasteiger partial charge in [-0.2, -0.15) is 0 Å². The summed E-state index contributed by atoms with van der Waals surface area (Å²) >= 11 is 0. The third-order valence-corrected chi connectivity index (χ3v) is 5.16. The van der Waals surface area contributed by atoms with Gasteiger partial charge < -0.3 is 10.2 Å². The molecule has 1 aliphatic carbocycles. The number of nitrogens with one attached hydrogen (secondary N) is 1. The molecule has 1 N–H and O–H groups in total. The fourth-order valence-electron chi connectivity index (χ4n) is 3.42. The van der Waals surface area contributed by atoms with E-state index in [1.165, 1.54) is 18.4 Å². The molecule has 0 aromatic heterocycles. The predicted molar refractivity (Wildman–Crippen MR) is 92.9 cm³/mol. The maximum absolute atomic E-state index is 12.5. The monoisotopic (exact) mass is 320 g/mol. The number of likely N-dealkylation sites (tertiary alicyclic amines) is 1. The molecule has 2 amide bonds. The van der Waals surface area contributed by atoms with Crippen LogP contribution in [0, 0.1) is 17.8 Å². The molecule has 1 saturated heterocycles. The zero-order valence-electron chi connectivity index (χ0n) is 14.9. The number of piperidine rings is 1. The highest BCUT2D eigenvalue weighted by Crippen LogP contribution is 2.28. The number of carbonyl (C=O) groups is 2. The van der Waals surface area contributed by atoms with Crippen LogP contribution in [0.15, 0.2) is 11.6 Å². The van der Waals surface area contributed by atoms with Crippen LogP contribution in [0.4, 0.5) is 0 Å². The van der Waals surface area contributed by atoms with Gasteiger partial charge in [0, 0.05) is 31.6 Å². The number of hydrogen-bond donors (Lipinski definition) is 1. The molecule has 1 saturated carbocycles. The summed E-state index contributed by atoms with van der Waals surface area (Å²) in [4.78, 5) is 26.2. The molecular weight excluding hydrogens is 288 g/mol. The Hall–Kier alpha value is -1.32. The number of allylic oxidation sites excluding steroid dienone is 1. The second-order valence-corrected chi connectivity index (χ2v) is 7.68. The number of amides is 2. The molecule has 1 aliphatic heterocycles. The second-order valence-electron chi connectivity index (χ2n) is 7.68. The van der Waals surface area contributed by atoms with E-state index in [1.807, 2.05) is 24.8 Å². The van der Waals surface area contributed by atoms with E-state index in [1.54, 1.807) is 0 Å². The van der Waals surface area contributed by atoms with Crippen molar-refractivity contribution in [1.82, 2.24) is 10.2 Å². The van der Waals surface area contributed by atoms with Crippen molar-refractivity contribution in [2.24, 2.45) is 17.8 Å². The predicted octanol–water partition coefficient (Wildman–Crippen LogP) is 3.13. The first kappa shape index (κ1) is 18.0. The molecular formula is C19H32N2O2. The quantitative estimate of drug-likeness (QED) is 0.809. The highest BCUT2D eigenvalue weighted by Gasteiger charge is 2.24. The highest BCUT2D eigenvalue weighted by atomic mass is 16.2. The molecule has 2 rings (SSSR count). The van der Waals surface area contributed by atoms with E-state index >= 15 is 0 Å². The molecule has 4 heteroatoms. The molecule has 1 heterocycles. The average Bonchev–Trinajstić information content (AvgIpc) is 2.54. The molecule has 2 fully saturated rings. The van der Waals surface area contributed by atoms with Crippen molar-refractivity contribution < 1.29 is 9.59 Å². The normalized spacial score (nSPS) is 25.4. The van der Waals surface area contributed by atoms with Crippen LogP contribution in [-0.4, -0.2) is 36.3 Å². The standard InChI is InChI=1S/C19H32N2O2/c1-14(2)19(23)20-12-17-5-4-10-21(13-17)18(22)11-16-8-6-15(3)7-9-16/h11,14-15,17H,4-10,12-13H2,1-3H3,(H,20,23). The summed E-state index contributed by atoms with van der Waals surface area (Å²) in [5.74, 6) is 1.49. The molecule has 1 atom stereocenters. The van der Waals surface area contributed by atoms with Crippen molar-refractivity contribution in [2.75, 3.05) is 19.6 Å². The molecule has 0 aromatic rings. The minimum Gasteiger partial charge on any atom is -0.356 e. The van der Waals surface area contributed by atoms with Crippen LogP contribution in [0.2, 0.25) is 0 Å². The first-order chi connectivity index (χ1) is 11.0. The van der Waals surface area contributed by atoms with Gasteiger partial charge in [-0.05, 0) is 50.4 Å². The average molecular weight is 320 g/mol. The fraction of sp³-hybridized carbons (Fsp3) is 0.789. The minimum atomic E-state index is 0.0229. The van der Waals surface area contributed by atoms with Gasteiger partial charge in [-0.25, -0.2) is 0 Å². The maximum Gasteiger partial charge on any atom is 0.246 e. The van der Waals surface area contributed by atoms with Crippen LogP contribution >= 0.6 is 0 Å². The van der Waals surface area contributed by atoms with Crippen LogP contribution in [0.5, 0.6) is 0 Å². The number of nitrogens with zero attached hydrogens (tertiary/aromatic N) is 1. The molecule has 0 radical (unpaired) electrons. The Morgan fingerprint density at radius 1 is 1.26 bits per heavy atom. The second kappa shape index (κ2) is 8.51. The number of hydrogen-bond acceptors (Lipinski definition) is 2. The fourth-order valence-corrected chi connectivity index (χ4v) is 3.42. The molecule has 23 heavy (non-hydrogen) atoms. The van der Waals surface area contributed by atoms with Gasteiger partial charge >= 0.3 is 0 Å². The molecule has 1 unspecified atom stereocenters. The summed E-state index contributed by atoms with van der Waals surface area (Å²) in [5.41, 5.74) is 1.32. The number of rotatable bonds is 4. The van der Waals surface area contributed by atoms with Gasteiger partial charge in [0.15, 0.2) is 0 Å². The van der Waals surface area contributed by atoms with Gasteiger partial charge in [-0.1, -0.05) is 26.3 Å². The minimum absolute atomic E-state index is 0.0229. The summed E-state index contributed by atoms with van der Waals surface area (Å²) in [7, 11) is 0. The maximum atomic E-state index is 12.5. The Morgan fingerprint density at radius 3 is 2.61 bits per heavy atom. The SMILES string of the molecule is CC1CCC(=CC(=O)N2CCCC(CNC(=O)C(C)C)C2)CC1. The summed E-state index contributed by atoms with van der Waals surface area (Å²) in [5, 5.41) is 3.01. The summed E-state index contributed by atoms with van der Waals surface area (Å²) in [6, 6.07) is 0. The third-order valence-electron chi connectivity index (χ3n) is 5.16. The van der Waals surface area contributed by atoms with Crippen LogP contribution < -0.4 is 5.32 Å². The first-order valence-electron chi connectivity index (χ1n) is 9.21. The third kappa shape index (κ3) is 5.67. The van der Waals surface area contributed by atoms with Gasteiger partial charge in [-0.3, -0.25) is 9.59 Å². The lowest BCUT2D eigenvalue weighted by atomic mass is 9.87. The van der Waals surface area contributed by atoms with Gasteiger partial charge in [-0.15, -0.1) is 0 Å². The van der Waals surface area contributed by atoms with E-state index in [0.717, 1.165) is 44.7 Å². The zero-order chi connectivity index (χ0) is 16.8. The van der Waals surface area contributed by atoms with E-state index in [4.69, 9.17) is 0 Å². The van der Waals surface area contributed by atoms with E-state index < -0.39 is 0 Å². The van der Waals surface area contributed by atoms with Crippen LogP contribution in [0.25, 0.3) is 0 Å². The van der Waals surface area contributed by atoms with Crippen molar-refractivity contribution in [2.45, 2.75) is 59.3 Å². The van der Waals surface area contributed by atoms with E-state index in [9.17, 15) is 9.59 Å². The Balaban J connectivity index is 1.82. The molecule has 0 spiro atoms. The molecule has 0 bridgehead atoms. The Bertz CT molecular complexity index is 446. The zero-order valence-corrected chi connectivity index (χ0v) is 14.9. The molecule has 130 valence electrons. The van der Waals surface area contributed by atoms with Gasteiger partial charge in [0.1, 0.15) is 0 Å². The van der Waals surface area contributed by atoms with E-state index in [-0.39, 0.29) is 17.7 Å². The lowest BCUT2D eigenvalue weighted by Gasteiger charge is -2.32. The van der Waals surface area contributed by atoms with E-state index in [2.05, 4.69) is 12.2 Å². The van der Waals surface area contributed by atoms with Crippen molar-refractivity contribution in [3.63, 3.8) is 0 Å². The summed E-state index contributed by atoms with van der Waals surface area (Å²) < 4.78 is 0. The van der Waals surface area contributed by atoms with Crippen LogP contribution in [0.3, 0.4) is 0 Å². The smallest absolute Gasteiger partial charge is 0.246 e. The van der Waals surface area contributed by atoms with Crippen molar-refractivity contribution in [3.05, 3.63) is 11.6 Å². The van der Waals surface area contributed by atoms with Gasteiger partial charge in [0.2, 0.25) is 11.8 Å². The van der Waals surface area contributed by atoms with Crippen molar-refractivity contribution in [3.8, 4) is 0 Å². The Kier molecular flexibility index (Phi) is 6.67. The lowest BCUT2D eigenvalue weighted by molar-refractivity contribution is -0.127. The summed E-state index contributed by atoms with van der Waals surface area (Å²) in [6.07, 6.45) is 8.60. The first-order valence-corrected chi connectivity index (χ1v) is 9.21. The molecule has 0 aromatic carbocycles. The molecule has 2 aliphatic rings. The lowest BCUT2D eigenvalue weighted by Crippen LogP contribution is -2.43. The summed E-state index contributed by atoms with van der Waals surface area (Å²) in [6.45, 7) is 8.42. The number of carbonyl (C=O) groups excluding carboxylic acids is 2. The highest BCUT2D eigenvalue weighted by molar-refractivity contribution is 5.88. The van der Waals surface area contributed by atoms with Crippen LogP contribution in [-0.2, 0) is 9.59 Å². The Labute approximate surface area is 140 Å². The van der Waals surface area contributed by atoms with Gasteiger partial charge in [0.05, 0.1) is 0 Å². The van der Waals surface area contributed by atoms with Crippen molar-refractivity contribution >= 4 is 11.8 Å². The van der Waals surface area contributed by atoms with Crippen molar-refractivity contribution in [1.29, 1.82) is 0 Å². The van der Waals surface area contributed by atoms with Crippen LogP contribution in [0.1, 0.15) is 59.3 Å².